The third-order valence-corrected chi connectivity index (χ3v) is 3.03. The van der Waals surface area contributed by atoms with Gasteiger partial charge in [0.25, 0.3) is 0 Å². The molecule has 1 saturated heterocycles. The Kier molecular flexibility index (Phi) is 0.583. The van der Waals surface area contributed by atoms with Crippen molar-refractivity contribution in [3.05, 3.63) is 0 Å². The molecule has 0 N–H and O–H groups in total. The van der Waals surface area contributed by atoms with Crippen molar-refractivity contribution in [1.29, 1.82) is 0 Å². The molecule has 0 aromatic rings. The molecule has 0 amide bonds. The standard InChI is InChI=1S/C7H12N/c1-6-3-7(6,2)5-8-4-6/h3-5H2,1-2H3. The van der Waals surface area contributed by atoms with Gasteiger partial charge in [0, 0.05) is 13.1 Å². The molecule has 2 atom stereocenters. The van der Waals surface area contributed by atoms with Gasteiger partial charge in [0.2, 0.25) is 0 Å². The molecule has 1 heterocycles. The minimum atomic E-state index is 0.632. The first-order valence-electron chi connectivity index (χ1n) is 3.30. The van der Waals surface area contributed by atoms with Gasteiger partial charge in [0.1, 0.15) is 0 Å². The first kappa shape index (κ1) is 4.80. The Morgan fingerprint density at radius 1 is 1.12 bits per heavy atom. The molecule has 1 heteroatoms. The van der Waals surface area contributed by atoms with E-state index in [1.807, 2.05) is 0 Å². The van der Waals surface area contributed by atoms with Crippen molar-refractivity contribution >= 4 is 0 Å². The zero-order chi connectivity index (χ0) is 5.83. The zero-order valence-corrected chi connectivity index (χ0v) is 5.57. The Morgan fingerprint density at radius 3 is 1.75 bits per heavy atom. The van der Waals surface area contributed by atoms with Crippen LogP contribution < -0.4 is 5.32 Å². The summed E-state index contributed by atoms with van der Waals surface area (Å²) in [5.74, 6) is 0. The van der Waals surface area contributed by atoms with Crippen LogP contribution in [0.3, 0.4) is 0 Å². The fourth-order valence-electron chi connectivity index (χ4n) is 1.86. The largest absolute Gasteiger partial charge is 0.241 e. The van der Waals surface area contributed by atoms with Gasteiger partial charge >= 0.3 is 0 Å². The van der Waals surface area contributed by atoms with Gasteiger partial charge in [0.15, 0.2) is 0 Å². The van der Waals surface area contributed by atoms with E-state index >= 15 is 0 Å². The van der Waals surface area contributed by atoms with Crippen LogP contribution in [0, 0.1) is 10.8 Å². The van der Waals surface area contributed by atoms with Crippen LogP contribution in [0.1, 0.15) is 20.3 Å². The lowest BCUT2D eigenvalue weighted by Crippen LogP contribution is -2.06. The molecular weight excluding hydrogens is 98.1 g/mol. The van der Waals surface area contributed by atoms with Gasteiger partial charge in [-0.1, -0.05) is 13.8 Å². The molecule has 2 rings (SSSR count). The van der Waals surface area contributed by atoms with Gasteiger partial charge in [-0.05, 0) is 17.3 Å². The van der Waals surface area contributed by atoms with Crippen molar-refractivity contribution in [3.8, 4) is 0 Å². The van der Waals surface area contributed by atoms with E-state index in [0.29, 0.717) is 10.8 Å². The number of rotatable bonds is 0. The van der Waals surface area contributed by atoms with Crippen LogP contribution in [-0.4, -0.2) is 13.1 Å². The molecule has 45 valence electrons. The van der Waals surface area contributed by atoms with Crippen LogP contribution in [0.15, 0.2) is 0 Å². The fourth-order valence-corrected chi connectivity index (χ4v) is 1.86. The highest BCUT2D eigenvalue weighted by atomic mass is 15.0. The normalized spacial score (nSPS) is 60.8. The molecule has 1 saturated carbocycles. The quantitative estimate of drug-likeness (QED) is 0.442. The second kappa shape index (κ2) is 0.971. The fraction of sp³-hybridized carbons (Fsp3) is 1.00. The summed E-state index contributed by atoms with van der Waals surface area (Å²) in [6.45, 7) is 6.96. The second-order valence-corrected chi connectivity index (χ2v) is 3.84. The average molecular weight is 110 g/mol. The Morgan fingerprint density at radius 2 is 1.62 bits per heavy atom. The predicted octanol–water partition coefficient (Wildman–Crippen LogP) is 1.02. The second-order valence-electron chi connectivity index (χ2n) is 3.84. The minimum absolute atomic E-state index is 0.632. The Bertz CT molecular complexity index is 110. The van der Waals surface area contributed by atoms with Crippen molar-refractivity contribution in [2.75, 3.05) is 13.1 Å². The maximum Gasteiger partial charge on any atom is 0.0193 e. The third-order valence-electron chi connectivity index (χ3n) is 3.03. The highest BCUT2D eigenvalue weighted by Gasteiger charge is 2.63. The molecule has 0 bridgehead atoms. The summed E-state index contributed by atoms with van der Waals surface area (Å²) in [7, 11) is 0. The smallest absolute Gasteiger partial charge is 0.0193 e. The van der Waals surface area contributed by atoms with Crippen molar-refractivity contribution in [3.63, 3.8) is 0 Å². The summed E-state index contributed by atoms with van der Waals surface area (Å²) in [5.41, 5.74) is 1.26. The molecule has 0 spiro atoms. The molecule has 2 fully saturated rings. The number of piperidine rings is 1. The molecule has 2 unspecified atom stereocenters. The van der Waals surface area contributed by atoms with E-state index in [1.165, 1.54) is 6.42 Å². The summed E-state index contributed by atoms with van der Waals surface area (Å²) >= 11 is 0. The molecule has 1 nitrogen and oxygen atoms in total. The van der Waals surface area contributed by atoms with Crippen LogP contribution >= 0.6 is 0 Å². The molecule has 0 aromatic heterocycles. The summed E-state index contributed by atoms with van der Waals surface area (Å²) in [6, 6.07) is 0. The average Bonchev–Trinajstić information content (AvgIpc) is 2.00. The van der Waals surface area contributed by atoms with E-state index in [0.717, 1.165) is 13.1 Å². The van der Waals surface area contributed by atoms with Crippen molar-refractivity contribution in [2.45, 2.75) is 20.3 Å². The third kappa shape index (κ3) is 0.334. The van der Waals surface area contributed by atoms with Gasteiger partial charge in [-0.2, -0.15) is 0 Å². The van der Waals surface area contributed by atoms with Crippen LogP contribution in [0.2, 0.25) is 0 Å². The van der Waals surface area contributed by atoms with Gasteiger partial charge in [-0.15, -0.1) is 0 Å². The van der Waals surface area contributed by atoms with Crippen LogP contribution in [0.4, 0.5) is 0 Å². The first-order chi connectivity index (χ1) is 3.66. The topological polar surface area (TPSA) is 14.1 Å². The monoisotopic (exact) mass is 110 g/mol. The van der Waals surface area contributed by atoms with Gasteiger partial charge in [-0.3, -0.25) is 0 Å². The molecule has 0 aromatic carbocycles. The maximum atomic E-state index is 4.36. The maximum absolute atomic E-state index is 4.36. The van der Waals surface area contributed by atoms with Crippen LogP contribution in [0.5, 0.6) is 0 Å². The van der Waals surface area contributed by atoms with E-state index in [9.17, 15) is 0 Å². The molecule has 8 heavy (non-hydrogen) atoms. The molecule has 1 radical (unpaired) electrons. The number of fused-ring (bicyclic) bond motifs is 1. The van der Waals surface area contributed by atoms with Crippen LogP contribution in [-0.2, 0) is 0 Å². The number of nitrogens with zero attached hydrogens (tertiary/aromatic N) is 1. The first-order valence-corrected chi connectivity index (χ1v) is 3.30. The summed E-state index contributed by atoms with van der Waals surface area (Å²) in [4.78, 5) is 0. The SMILES string of the molecule is CC12C[N]CC1(C)C2. The number of hydrogen-bond donors (Lipinski definition) is 0. The van der Waals surface area contributed by atoms with Crippen molar-refractivity contribution < 1.29 is 0 Å². The highest BCUT2D eigenvalue weighted by molar-refractivity contribution is 5.15. The molecule has 1 aliphatic carbocycles. The van der Waals surface area contributed by atoms with Crippen LogP contribution in [0.25, 0.3) is 0 Å². The zero-order valence-electron chi connectivity index (χ0n) is 5.57. The lowest BCUT2D eigenvalue weighted by atomic mass is 10.0. The predicted molar refractivity (Wildman–Crippen MR) is 32.7 cm³/mol. The lowest BCUT2D eigenvalue weighted by Gasteiger charge is -2.01. The minimum Gasteiger partial charge on any atom is -0.241 e. The highest BCUT2D eigenvalue weighted by Crippen LogP contribution is 2.65. The van der Waals surface area contributed by atoms with Crippen molar-refractivity contribution in [2.24, 2.45) is 10.8 Å². The molecule has 1 aliphatic heterocycles. The summed E-state index contributed by atoms with van der Waals surface area (Å²) in [5, 5.41) is 4.36. The van der Waals surface area contributed by atoms with E-state index in [4.69, 9.17) is 0 Å². The van der Waals surface area contributed by atoms with E-state index < -0.39 is 0 Å². The lowest BCUT2D eigenvalue weighted by molar-refractivity contribution is 0.494. The Balaban J connectivity index is 2.26. The van der Waals surface area contributed by atoms with E-state index in [1.54, 1.807) is 0 Å². The van der Waals surface area contributed by atoms with Gasteiger partial charge in [-0.25, -0.2) is 5.32 Å². The summed E-state index contributed by atoms with van der Waals surface area (Å²) in [6.07, 6.45) is 1.42. The Hall–Kier alpha value is -0.0400. The Labute approximate surface area is 50.5 Å². The number of hydrogen-bond acceptors (Lipinski definition) is 0. The van der Waals surface area contributed by atoms with Gasteiger partial charge < -0.3 is 0 Å². The summed E-state index contributed by atoms with van der Waals surface area (Å²) < 4.78 is 0. The molecule has 2 aliphatic rings. The molecular formula is C7H12N. The van der Waals surface area contributed by atoms with E-state index in [-0.39, 0.29) is 0 Å². The van der Waals surface area contributed by atoms with E-state index in [2.05, 4.69) is 19.2 Å². The van der Waals surface area contributed by atoms with Crippen molar-refractivity contribution in [1.82, 2.24) is 5.32 Å². The van der Waals surface area contributed by atoms with Gasteiger partial charge in [0.05, 0.1) is 0 Å².